The first kappa shape index (κ1) is 16.6. The van der Waals surface area contributed by atoms with Gasteiger partial charge in [0.25, 0.3) is 0 Å². The van der Waals surface area contributed by atoms with E-state index in [2.05, 4.69) is 10.6 Å². The number of unbranched alkanes of at least 4 members (excludes halogenated alkanes) is 1. The third kappa shape index (κ3) is 8.76. The minimum absolute atomic E-state index is 0.162. The zero-order valence-corrected chi connectivity index (χ0v) is 11.0. The number of nitrogens with one attached hydrogen (secondary N) is 2. The Labute approximate surface area is 106 Å². The molecule has 0 aromatic rings. The fourth-order valence-electron chi connectivity index (χ4n) is 1.18. The van der Waals surface area contributed by atoms with E-state index in [0.717, 1.165) is 6.42 Å². The molecular weight excluding hydrogens is 262 g/mol. The molecule has 0 saturated carbocycles. The number of amides is 2. The van der Waals surface area contributed by atoms with Gasteiger partial charge in [0, 0.05) is 6.54 Å². The molecule has 0 aromatic carbocycles. The molecule has 0 heterocycles. The number of carboxylic acid groups (broad SMARTS) is 1. The molecule has 8 nitrogen and oxygen atoms in total. The highest BCUT2D eigenvalue weighted by Crippen LogP contribution is 2.00. The lowest BCUT2D eigenvalue weighted by Gasteiger charge is -2.14. The number of hydrogen-bond donors (Lipinski definition) is 4. The number of urea groups is 1. The maximum atomic E-state index is 11.3. The van der Waals surface area contributed by atoms with Gasteiger partial charge in [0.15, 0.2) is 0 Å². The second kappa shape index (κ2) is 7.88. The molecule has 0 bridgehead atoms. The summed E-state index contributed by atoms with van der Waals surface area (Å²) in [5, 5.41) is 18.1. The monoisotopic (exact) mass is 281 g/mol. The molecule has 1 unspecified atom stereocenters. The molecule has 0 aliphatic rings. The van der Waals surface area contributed by atoms with Crippen LogP contribution in [0.15, 0.2) is 0 Å². The van der Waals surface area contributed by atoms with Gasteiger partial charge in [-0.3, -0.25) is 0 Å². The number of aliphatic carboxylic acids is 1. The van der Waals surface area contributed by atoms with E-state index in [0.29, 0.717) is 12.8 Å². The van der Waals surface area contributed by atoms with Crippen LogP contribution < -0.4 is 15.8 Å². The van der Waals surface area contributed by atoms with Gasteiger partial charge in [-0.05, 0) is 6.42 Å². The van der Waals surface area contributed by atoms with Gasteiger partial charge < -0.3 is 15.7 Å². The van der Waals surface area contributed by atoms with Gasteiger partial charge >= 0.3 is 12.0 Å². The molecule has 0 aromatic heterocycles. The van der Waals surface area contributed by atoms with Crippen LogP contribution in [0.4, 0.5) is 4.79 Å². The number of carbonyl (C=O) groups excluding carboxylic acids is 1. The zero-order valence-electron chi connectivity index (χ0n) is 10.2. The summed E-state index contributed by atoms with van der Waals surface area (Å²) in [5.74, 6) is -1.52. The van der Waals surface area contributed by atoms with Crippen molar-refractivity contribution in [3.63, 3.8) is 0 Å². The molecule has 0 rings (SSSR count). The van der Waals surface area contributed by atoms with Crippen LogP contribution in [0.1, 0.15) is 26.2 Å². The van der Waals surface area contributed by atoms with Crippen LogP contribution in [-0.2, 0) is 14.8 Å². The zero-order chi connectivity index (χ0) is 14.2. The number of hydrogen-bond acceptors (Lipinski definition) is 4. The molecule has 0 radical (unpaired) electrons. The Morgan fingerprint density at radius 2 is 2.00 bits per heavy atom. The summed E-state index contributed by atoms with van der Waals surface area (Å²) in [7, 11) is -3.64. The third-order valence-corrected chi connectivity index (χ3v) is 2.90. The lowest BCUT2D eigenvalue weighted by molar-refractivity contribution is -0.139. The maximum Gasteiger partial charge on any atom is 0.326 e. The van der Waals surface area contributed by atoms with E-state index in [9.17, 15) is 18.0 Å². The van der Waals surface area contributed by atoms with Crippen molar-refractivity contribution in [1.29, 1.82) is 0 Å². The lowest BCUT2D eigenvalue weighted by Crippen LogP contribution is -2.47. The summed E-state index contributed by atoms with van der Waals surface area (Å²) in [4.78, 5) is 22.1. The number of carboxylic acids is 1. The van der Waals surface area contributed by atoms with E-state index in [1.54, 1.807) is 0 Å². The highest BCUT2D eigenvalue weighted by atomic mass is 32.2. The topological polar surface area (TPSA) is 139 Å². The van der Waals surface area contributed by atoms with Gasteiger partial charge in [-0.15, -0.1) is 0 Å². The molecule has 9 heteroatoms. The van der Waals surface area contributed by atoms with E-state index in [1.807, 2.05) is 6.92 Å². The number of primary sulfonamides is 1. The van der Waals surface area contributed by atoms with Crippen LogP contribution in [0, 0.1) is 0 Å². The van der Waals surface area contributed by atoms with E-state index >= 15 is 0 Å². The number of sulfonamides is 1. The summed E-state index contributed by atoms with van der Waals surface area (Å²) in [6.07, 6.45) is 1.82. The number of rotatable bonds is 8. The Morgan fingerprint density at radius 1 is 1.39 bits per heavy atom. The Balaban J connectivity index is 4.06. The van der Waals surface area contributed by atoms with Crippen molar-refractivity contribution < 1.29 is 23.1 Å². The fourth-order valence-corrected chi connectivity index (χ4v) is 1.57. The maximum absolute atomic E-state index is 11.3. The molecule has 0 spiro atoms. The van der Waals surface area contributed by atoms with Crippen molar-refractivity contribution in [1.82, 2.24) is 10.6 Å². The second-order valence-corrected chi connectivity index (χ2v) is 5.53. The minimum atomic E-state index is -3.64. The second-order valence-electron chi connectivity index (χ2n) is 3.80. The van der Waals surface area contributed by atoms with Crippen molar-refractivity contribution in [3.8, 4) is 0 Å². The molecule has 0 fully saturated rings. The summed E-state index contributed by atoms with van der Waals surface area (Å²) < 4.78 is 21.2. The van der Waals surface area contributed by atoms with Crippen LogP contribution in [0.25, 0.3) is 0 Å². The normalized spacial score (nSPS) is 12.8. The van der Waals surface area contributed by atoms with Crippen molar-refractivity contribution >= 4 is 22.0 Å². The first-order chi connectivity index (χ1) is 8.26. The van der Waals surface area contributed by atoms with Crippen LogP contribution in [0.3, 0.4) is 0 Å². The molecular formula is C9H19N3O5S. The molecule has 5 N–H and O–H groups in total. The lowest BCUT2D eigenvalue weighted by atomic mass is 10.1. The number of carbonyl (C=O) groups is 2. The van der Waals surface area contributed by atoms with Crippen LogP contribution in [0.5, 0.6) is 0 Å². The predicted octanol–water partition coefficient (Wildman–Crippen LogP) is -0.782. The number of nitrogens with two attached hydrogens (primary N) is 1. The van der Waals surface area contributed by atoms with Gasteiger partial charge in [0.05, 0.1) is 5.75 Å². The molecule has 2 amide bonds. The van der Waals surface area contributed by atoms with E-state index in [-0.39, 0.29) is 6.54 Å². The smallest absolute Gasteiger partial charge is 0.326 e. The Kier molecular flexibility index (Phi) is 7.29. The Hall–Kier alpha value is -1.35. The van der Waals surface area contributed by atoms with Crippen LogP contribution in [-0.4, -0.2) is 43.9 Å². The average molecular weight is 281 g/mol. The SMILES string of the molecule is CCCCC(NC(=O)NCCS(N)(=O)=O)C(=O)O. The molecule has 0 aliphatic carbocycles. The average Bonchev–Trinajstić information content (AvgIpc) is 2.21. The Bertz CT molecular complexity index is 382. The van der Waals surface area contributed by atoms with Gasteiger partial charge in [0.1, 0.15) is 6.04 Å². The first-order valence-corrected chi connectivity index (χ1v) is 7.25. The summed E-state index contributed by atoms with van der Waals surface area (Å²) >= 11 is 0. The van der Waals surface area contributed by atoms with Crippen molar-refractivity contribution in [3.05, 3.63) is 0 Å². The van der Waals surface area contributed by atoms with E-state index < -0.39 is 33.8 Å². The van der Waals surface area contributed by atoms with E-state index in [1.165, 1.54) is 0 Å². The first-order valence-electron chi connectivity index (χ1n) is 5.54. The van der Waals surface area contributed by atoms with Gasteiger partial charge in [0.2, 0.25) is 10.0 Å². The van der Waals surface area contributed by atoms with Gasteiger partial charge in [-0.25, -0.2) is 23.1 Å². The van der Waals surface area contributed by atoms with Crippen molar-refractivity contribution in [2.75, 3.05) is 12.3 Å². The van der Waals surface area contributed by atoms with Crippen molar-refractivity contribution in [2.24, 2.45) is 5.14 Å². The molecule has 1 atom stereocenters. The highest BCUT2D eigenvalue weighted by molar-refractivity contribution is 7.89. The van der Waals surface area contributed by atoms with Crippen molar-refractivity contribution in [2.45, 2.75) is 32.2 Å². The summed E-state index contributed by atoms with van der Waals surface area (Å²) in [6.45, 7) is 1.75. The van der Waals surface area contributed by atoms with Gasteiger partial charge in [-0.2, -0.15) is 0 Å². The quantitative estimate of drug-likeness (QED) is 0.462. The molecule has 106 valence electrons. The molecule has 18 heavy (non-hydrogen) atoms. The van der Waals surface area contributed by atoms with E-state index in [4.69, 9.17) is 10.2 Å². The summed E-state index contributed by atoms with van der Waals surface area (Å²) in [6, 6.07) is -1.69. The minimum Gasteiger partial charge on any atom is -0.480 e. The highest BCUT2D eigenvalue weighted by Gasteiger charge is 2.18. The predicted molar refractivity (Wildman–Crippen MR) is 65.5 cm³/mol. The summed E-state index contributed by atoms with van der Waals surface area (Å²) in [5.41, 5.74) is 0. The third-order valence-electron chi connectivity index (χ3n) is 2.12. The van der Waals surface area contributed by atoms with Crippen LogP contribution >= 0.6 is 0 Å². The standard InChI is InChI=1S/C9H19N3O5S/c1-2-3-4-7(8(13)14)12-9(15)11-5-6-18(10,16)17/h7H,2-6H2,1H3,(H,13,14)(H2,10,16,17)(H2,11,12,15). The van der Waals surface area contributed by atoms with Gasteiger partial charge in [-0.1, -0.05) is 19.8 Å². The largest absolute Gasteiger partial charge is 0.480 e. The molecule has 0 aliphatic heterocycles. The molecule has 0 saturated heterocycles. The fraction of sp³-hybridized carbons (Fsp3) is 0.778. The van der Waals surface area contributed by atoms with Crippen LogP contribution in [0.2, 0.25) is 0 Å². The Morgan fingerprint density at radius 3 is 2.44 bits per heavy atom.